The summed E-state index contributed by atoms with van der Waals surface area (Å²) in [6, 6.07) is 14.0. The molecule has 0 aromatic heterocycles. The molecule has 3 rings (SSSR count). The standard InChI is InChI=1S/C18H18BrNO2/c1-3-22-14-6-4-5-12(9-14)10-16-15-11-13(19)7-8-17(15)20(2)18(16)21/h4-9,11,16H,3,10H2,1-2H3/t16-/m0/s1. The van der Waals surface area contributed by atoms with Crippen LogP contribution in [0.25, 0.3) is 0 Å². The molecule has 1 atom stereocenters. The number of amides is 1. The van der Waals surface area contributed by atoms with Gasteiger partial charge in [0.05, 0.1) is 12.5 Å². The van der Waals surface area contributed by atoms with Crippen LogP contribution in [0.5, 0.6) is 5.75 Å². The molecular weight excluding hydrogens is 342 g/mol. The van der Waals surface area contributed by atoms with Crippen LogP contribution in [0.2, 0.25) is 0 Å². The third-order valence-corrected chi connectivity index (χ3v) is 4.50. The average Bonchev–Trinajstić information content (AvgIpc) is 2.73. The predicted molar refractivity (Wildman–Crippen MR) is 91.6 cm³/mol. The van der Waals surface area contributed by atoms with E-state index in [1.165, 1.54) is 0 Å². The summed E-state index contributed by atoms with van der Waals surface area (Å²) in [4.78, 5) is 14.3. The topological polar surface area (TPSA) is 29.5 Å². The first-order valence-electron chi connectivity index (χ1n) is 7.39. The summed E-state index contributed by atoms with van der Waals surface area (Å²) >= 11 is 3.50. The Morgan fingerprint density at radius 3 is 2.82 bits per heavy atom. The van der Waals surface area contributed by atoms with Gasteiger partial charge in [0.25, 0.3) is 0 Å². The SMILES string of the molecule is CCOc1cccc(C[C@@H]2C(=O)N(C)c3ccc(Br)cc32)c1. The molecule has 1 aliphatic rings. The third kappa shape index (κ3) is 2.75. The van der Waals surface area contributed by atoms with Crippen LogP contribution in [0, 0.1) is 0 Å². The van der Waals surface area contributed by atoms with Gasteiger partial charge in [-0.15, -0.1) is 0 Å². The number of halogens is 1. The number of anilines is 1. The molecule has 0 unspecified atom stereocenters. The Morgan fingerprint density at radius 2 is 2.05 bits per heavy atom. The van der Waals surface area contributed by atoms with Gasteiger partial charge in [-0.1, -0.05) is 28.1 Å². The van der Waals surface area contributed by atoms with Crippen LogP contribution in [-0.2, 0) is 11.2 Å². The van der Waals surface area contributed by atoms with E-state index < -0.39 is 0 Å². The molecule has 0 saturated heterocycles. The molecule has 1 heterocycles. The summed E-state index contributed by atoms with van der Waals surface area (Å²) in [7, 11) is 1.84. The van der Waals surface area contributed by atoms with E-state index in [4.69, 9.17) is 4.74 Å². The van der Waals surface area contributed by atoms with Gasteiger partial charge in [-0.3, -0.25) is 4.79 Å². The van der Waals surface area contributed by atoms with Gasteiger partial charge in [0.1, 0.15) is 5.75 Å². The second-order valence-corrected chi connectivity index (χ2v) is 6.35. The fourth-order valence-electron chi connectivity index (χ4n) is 2.96. The maximum absolute atomic E-state index is 12.6. The molecule has 0 fully saturated rings. The van der Waals surface area contributed by atoms with Gasteiger partial charge in [0, 0.05) is 17.2 Å². The van der Waals surface area contributed by atoms with Gasteiger partial charge in [0.2, 0.25) is 5.91 Å². The van der Waals surface area contributed by atoms with E-state index >= 15 is 0 Å². The zero-order chi connectivity index (χ0) is 15.7. The second kappa shape index (κ2) is 6.13. The maximum Gasteiger partial charge on any atom is 0.234 e. The summed E-state index contributed by atoms with van der Waals surface area (Å²) < 4.78 is 6.55. The Morgan fingerprint density at radius 1 is 1.23 bits per heavy atom. The van der Waals surface area contributed by atoms with E-state index in [1.54, 1.807) is 4.90 Å². The molecule has 1 aliphatic heterocycles. The van der Waals surface area contributed by atoms with Crippen molar-refractivity contribution in [3.8, 4) is 5.75 Å². The van der Waals surface area contributed by atoms with E-state index in [-0.39, 0.29) is 11.8 Å². The Labute approximate surface area is 139 Å². The summed E-state index contributed by atoms with van der Waals surface area (Å²) in [5, 5.41) is 0. The van der Waals surface area contributed by atoms with E-state index in [0.717, 1.165) is 27.0 Å². The Hall–Kier alpha value is -1.81. The molecule has 0 saturated carbocycles. The zero-order valence-electron chi connectivity index (χ0n) is 12.7. The normalized spacial score (nSPS) is 16.8. The van der Waals surface area contributed by atoms with Crippen LogP contribution in [0.3, 0.4) is 0 Å². The maximum atomic E-state index is 12.6. The molecule has 22 heavy (non-hydrogen) atoms. The highest BCUT2D eigenvalue weighted by Gasteiger charge is 2.35. The molecule has 0 spiro atoms. The van der Waals surface area contributed by atoms with Crippen molar-refractivity contribution in [2.45, 2.75) is 19.3 Å². The van der Waals surface area contributed by atoms with E-state index in [0.29, 0.717) is 13.0 Å². The first kappa shape index (κ1) is 15.1. The van der Waals surface area contributed by atoms with Crippen molar-refractivity contribution in [3.63, 3.8) is 0 Å². The zero-order valence-corrected chi connectivity index (χ0v) is 14.3. The number of ether oxygens (including phenoxy) is 1. The Balaban J connectivity index is 1.91. The molecule has 0 aliphatic carbocycles. The Bertz CT molecular complexity index is 714. The van der Waals surface area contributed by atoms with Crippen molar-refractivity contribution >= 4 is 27.5 Å². The number of carbonyl (C=O) groups excluding carboxylic acids is 1. The lowest BCUT2D eigenvalue weighted by molar-refractivity contribution is -0.119. The molecule has 2 aromatic carbocycles. The lowest BCUT2D eigenvalue weighted by Gasteiger charge is -2.12. The molecule has 0 N–H and O–H groups in total. The number of nitrogens with zero attached hydrogens (tertiary/aromatic N) is 1. The second-order valence-electron chi connectivity index (χ2n) is 5.44. The van der Waals surface area contributed by atoms with Crippen LogP contribution in [0.1, 0.15) is 24.0 Å². The quantitative estimate of drug-likeness (QED) is 0.820. The van der Waals surface area contributed by atoms with Crippen molar-refractivity contribution in [2.24, 2.45) is 0 Å². The smallest absolute Gasteiger partial charge is 0.234 e. The van der Waals surface area contributed by atoms with Crippen molar-refractivity contribution in [1.82, 2.24) is 0 Å². The molecule has 0 bridgehead atoms. The number of carbonyl (C=O) groups is 1. The van der Waals surface area contributed by atoms with Crippen LogP contribution >= 0.6 is 15.9 Å². The van der Waals surface area contributed by atoms with E-state index in [9.17, 15) is 4.79 Å². The lowest BCUT2D eigenvalue weighted by atomic mass is 9.93. The van der Waals surface area contributed by atoms with E-state index in [2.05, 4.69) is 15.9 Å². The minimum Gasteiger partial charge on any atom is -0.494 e. The predicted octanol–water partition coefficient (Wildman–Crippen LogP) is 4.15. The largest absolute Gasteiger partial charge is 0.494 e. The number of likely N-dealkylation sites (N-methyl/N-ethyl adjacent to an activating group) is 1. The molecular formula is C18H18BrNO2. The summed E-state index contributed by atoms with van der Waals surface area (Å²) in [5.74, 6) is 0.873. The molecule has 4 heteroatoms. The molecule has 2 aromatic rings. The number of hydrogen-bond acceptors (Lipinski definition) is 2. The van der Waals surface area contributed by atoms with Crippen LogP contribution < -0.4 is 9.64 Å². The average molecular weight is 360 g/mol. The summed E-state index contributed by atoms with van der Waals surface area (Å²) in [6.45, 7) is 2.61. The number of fused-ring (bicyclic) bond motifs is 1. The van der Waals surface area contributed by atoms with Crippen LogP contribution in [-0.4, -0.2) is 19.6 Å². The van der Waals surface area contributed by atoms with Crippen molar-refractivity contribution in [3.05, 3.63) is 58.1 Å². The van der Waals surface area contributed by atoms with Gasteiger partial charge >= 0.3 is 0 Å². The van der Waals surface area contributed by atoms with Gasteiger partial charge in [0.15, 0.2) is 0 Å². The highest BCUT2D eigenvalue weighted by Crippen LogP contribution is 2.39. The van der Waals surface area contributed by atoms with Crippen molar-refractivity contribution in [2.75, 3.05) is 18.6 Å². The summed E-state index contributed by atoms with van der Waals surface area (Å²) in [6.07, 6.45) is 0.688. The molecule has 1 amide bonds. The first-order valence-corrected chi connectivity index (χ1v) is 8.18. The van der Waals surface area contributed by atoms with E-state index in [1.807, 2.05) is 56.4 Å². The highest BCUT2D eigenvalue weighted by atomic mass is 79.9. The number of rotatable bonds is 4. The van der Waals surface area contributed by atoms with Gasteiger partial charge in [-0.05, 0) is 54.8 Å². The molecule has 3 nitrogen and oxygen atoms in total. The Kier molecular flexibility index (Phi) is 4.21. The lowest BCUT2D eigenvalue weighted by Crippen LogP contribution is -2.24. The fraction of sp³-hybridized carbons (Fsp3) is 0.278. The molecule has 0 radical (unpaired) electrons. The highest BCUT2D eigenvalue weighted by molar-refractivity contribution is 9.10. The third-order valence-electron chi connectivity index (χ3n) is 4.00. The monoisotopic (exact) mass is 359 g/mol. The molecule has 114 valence electrons. The van der Waals surface area contributed by atoms with Gasteiger partial charge in [-0.25, -0.2) is 0 Å². The first-order chi connectivity index (χ1) is 10.6. The van der Waals surface area contributed by atoms with Crippen molar-refractivity contribution < 1.29 is 9.53 Å². The van der Waals surface area contributed by atoms with Crippen molar-refractivity contribution in [1.29, 1.82) is 0 Å². The van der Waals surface area contributed by atoms with Crippen LogP contribution in [0.15, 0.2) is 46.9 Å². The number of benzene rings is 2. The minimum absolute atomic E-state index is 0.130. The van der Waals surface area contributed by atoms with Gasteiger partial charge in [-0.2, -0.15) is 0 Å². The summed E-state index contributed by atoms with van der Waals surface area (Å²) in [5.41, 5.74) is 3.20. The number of hydrogen-bond donors (Lipinski definition) is 0. The fourth-order valence-corrected chi connectivity index (χ4v) is 3.34. The van der Waals surface area contributed by atoms with Gasteiger partial charge < -0.3 is 9.64 Å². The van der Waals surface area contributed by atoms with Crippen LogP contribution in [0.4, 0.5) is 5.69 Å². The minimum atomic E-state index is -0.130.